The first-order valence-corrected chi connectivity index (χ1v) is 6.90. The highest BCUT2D eigenvalue weighted by atomic mass is 35.5. The van der Waals surface area contributed by atoms with E-state index in [2.05, 4.69) is 9.97 Å². The van der Waals surface area contributed by atoms with Crippen LogP contribution in [0.15, 0.2) is 18.2 Å². The quantitative estimate of drug-likeness (QED) is 0.786. The van der Waals surface area contributed by atoms with E-state index in [4.69, 9.17) is 25.8 Å². The molecule has 5 nitrogen and oxygen atoms in total. The summed E-state index contributed by atoms with van der Waals surface area (Å²) in [6.07, 6.45) is 0.666. The molecule has 1 aromatic heterocycles. The molecule has 0 amide bonds. The average Bonchev–Trinajstić information content (AvgIpc) is 2.51. The van der Waals surface area contributed by atoms with Gasteiger partial charge in [-0.15, -0.1) is 0 Å². The van der Waals surface area contributed by atoms with Gasteiger partial charge >= 0.3 is 0 Å². The third kappa shape index (κ3) is 3.19. The molecule has 2 aromatic rings. The smallest absolute Gasteiger partial charge is 0.227 e. The molecular weight excluding hydrogens is 292 g/mol. The summed E-state index contributed by atoms with van der Waals surface area (Å²) in [7, 11) is 3.14. The summed E-state index contributed by atoms with van der Waals surface area (Å²) in [6, 6.07) is 5.40. The van der Waals surface area contributed by atoms with Gasteiger partial charge in [-0.1, -0.05) is 24.6 Å². The van der Waals surface area contributed by atoms with E-state index in [-0.39, 0.29) is 0 Å². The molecule has 0 aliphatic rings. The van der Waals surface area contributed by atoms with Crippen molar-refractivity contribution in [2.75, 3.05) is 14.2 Å². The number of hydrogen-bond acceptors (Lipinski definition) is 5. The van der Waals surface area contributed by atoms with Crippen molar-refractivity contribution in [1.82, 2.24) is 9.97 Å². The first kappa shape index (κ1) is 15.4. The Morgan fingerprint density at radius 2 is 1.71 bits per heavy atom. The number of hydrogen-bond donors (Lipinski definition) is 0. The molecule has 6 heteroatoms. The van der Waals surface area contributed by atoms with Gasteiger partial charge in [0.2, 0.25) is 11.6 Å². The van der Waals surface area contributed by atoms with E-state index < -0.39 is 0 Å². The van der Waals surface area contributed by atoms with Gasteiger partial charge in [-0.25, -0.2) is 4.98 Å². The summed E-state index contributed by atoms with van der Waals surface area (Å²) in [6.45, 7) is 3.76. The summed E-state index contributed by atoms with van der Waals surface area (Å²) < 4.78 is 16.5. The second kappa shape index (κ2) is 6.63. The fourth-order valence-electron chi connectivity index (χ4n) is 1.78. The van der Waals surface area contributed by atoms with Crippen LogP contribution in [0.5, 0.6) is 23.1 Å². The number of aromatic nitrogens is 2. The Labute approximate surface area is 128 Å². The maximum atomic E-state index is 6.12. The molecule has 2 rings (SSSR count). The molecular formula is C15H17ClN2O3. The molecule has 0 radical (unpaired) electrons. The molecule has 112 valence electrons. The maximum Gasteiger partial charge on any atom is 0.227 e. The lowest BCUT2D eigenvalue weighted by Gasteiger charge is -2.15. The van der Waals surface area contributed by atoms with E-state index in [0.29, 0.717) is 46.1 Å². The zero-order chi connectivity index (χ0) is 15.4. The molecule has 0 N–H and O–H groups in total. The van der Waals surface area contributed by atoms with E-state index in [1.165, 1.54) is 0 Å². The van der Waals surface area contributed by atoms with Crippen LogP contribution >= 0.6 is 11.6 Å². The predicted molar refractivity (Wildman–Crippen MR) is 80.8 cm³/mol. The number of halogens is 1. The van der Waals surface area contributed by atoms with Crippen molar-refractivity contribution in [2.24, 2.45) is 0 Å². The van der Waals surface area contributed by atoms with Gasteiger partial charge in [0, 0.05) is 12.0 Å². The van der Waals surface area contributed by atoms with Gasteiger partial charge in [0.1, 0.15) is 11.0 Å². The van der Waals surface area contributed by atoms with E-state index in [9.17, 15) is 0 Å². The van der Waals surface area contributed by atoms with Gasteiger partial charge < -0.3 is 14.2 Å². The highest BCUT2D eigenvalue weighted by molar-refractivity contribution is 6.30. The zero-order valence-corrected chi connectivity index (χ0v) is 13.2. The van der Waals surface area contributed by atoms with E-state index in [1.54, 1.807) is 33.3 Å². The number of methoxy groups -OCH3 is 2. The minimum atomic E-state index is 0.380. The number of aryl methyl sites for hydroxylation is 1. The topological polar surface area (TPSA) is 53.5 Å². The normalized spacial score (nSPS) is 10.3. The summed E-state index contributed by atoms with van der Waals surface area (Å²) in [4.78, 5) is 8.56. The molecule has 0 saturated carbocycles. The molecule has 1 heterocycles. The van der Waals surface area contributed by atoms with Gasteiger partial charge in [0.15, 0.2) is 11.5 Å². The summed E-state index contributed by atoms with van der Waals surface area (Å²) in [5.41, 5.74) is 0.668. The van der Waals surface area contributed by atoms with Crippen molar-refractivity contribution in [2.45, 2.75) is 20.3 Å². The summed E-state index contributed by atoms with van der Waals surface area (Å²) in [5.74, 6) is 2.59. The van der Waals surface area contributed by atoms with Crippen molar-refractivity contribution in [3.05, 3.63) is 34.7 Å². The molecule has 0 aliphatic heterocycles. The van der Waals surface area contributed by atoms with Crippen LogP contribution in [0.4, 0.5) is 0 Å². The van der Waals surface area contributed by atoms with Crippen molar-refractivity contribution < 1.29 is 14.2 Å². The van der Waals surface area contributed by atoms with Crippen molar-refractivity contribution >= 4 is 11.6 Å². The third-order valence-corrected chi connectivity index (χ3v) is 3.35. The molecule has 0 saturated heterocycles. The van der Waals surface area contributed by atoms with Crippen LogP contribution in [0, 0.1) is 6.92 Å². The number of rotatable bonds is 5. The molecule has 0 atom stereocenters. The lowest BCUT2D eigenvalue weighted by molar-refractivity contribution is 0.340. The maximum absolute atomic E-state index is 6.12. The van der Waals surface area contributed by atoms with Crippen LogP contribution < -0.4 is 14.2 Å². The van der Waals surface area contributed by atoms with Crippen LogP contribution in [0.25, 0.3) is 0 Å². The molecule has 0 unspecified atom stereocenters. The van der Waals surface area contributed by atoms with Crippen LogP contribution in [0.2, 0.25) is 5.15 Å². The van der Waals surface area contributed by atoms with Gasteiger partial charge in [-0.3, -0.25) is 0 Å². The minimum absolute atomic E-state index is 0.380. The molecule has 0 spiro atoms. The number of benzene rings is 1. The van der Waals surface area contributed by atoms with Gasteiger partial charge in [-0.2, -0.15) is 4.98 Å². The fourth-order valence-corrected chi connectivity index (χ4v) is 1.96. The lowest BCUT2D eigenvalue weighted by Crippen LogP contribution is -2.02. The van der Waals surface area contributed by atoms with Crippen LogP contribution in [-0.4, -0.2) is 24.2 Å². The van der Waals surface area contributed by atoms with Gasteiger partial charge in [0.05, 0.1) is 14.2 Å². The van der Waals surface area contributed by atoms with Crippen LogP contribution in [-0.2, 0) is 6.42 Å². The standard InChI is InChI=1S/C15H17ClN2O3/c1-5-12-17-14(16)9(2)15(18-12)21-13-10(19-3)7-6-8-11(13)20-4/h6-8H,5H2,1-4H3. The van der Waals surface area contributed by atoms with Crippen molar-refractivity contribution in [3.8, 4) is 23.1 Å². The first-order valence-electron chi connectivity index (χ1n) is 6.52. The molecule has 0 fully saturated rings. The molecule has 0 bridgehead atoms. The molecule has 21 heavy (non-hydrogen) atoms. The largest absolute Gasteiger partial charge is 0.493 e. The zero-order valence-electron chi connectivity index (χ0n) is 12.4. The van der Waals surface area contributed by atoms with E-state index in [1.807, 2.05) is 13.0 Å². The lowest BCUT2D eigenvalue weighted by atomic mass is 10.3. The monoisotopic (exact) mass is 308 g/mol. The van der Waals surface area contributed by atoms with Crippen LogP contribution in [0.3, 0.4) is 0 Å². The van der Waals surface area contributed by atoms with E-state index in [0.717, 1.165) is 0 Å². The van der Waals surface area contributed by atoms with E-state index >= 15 is 0 Å². The Morgan fingerprint density at radius 3 is 2.24 bits per heavy atom. The first-order chi connectivity index (χ1) is 10.1. The number of ether oxygens (including phenoxy) is 3. The van der Waals surface area contributed by atoms with Crippen LogP contribution in [0.1, 0.15) is 18.3 Å². The second-order valence-electron chi connectivity index (χ2n) is 4.31. The fraction of sp³-hybridized carbons (Fsp3) is 0.333. The second-order valence-corrected chi connectivity index (χ2v) is 4.67. The average molecular weight is 309 g/mol. The Balaban J connectivity index is 2.49. The predicted octanol–water partition coefficient (Wildman–Crippen LogP) is 3.81. The number of para-hydroxylation sites is 1. The Morgan fingerprint density at radius 1 is 1.10 bits per heavy atom. The van der Waals surface area contributed by atoms with Gasteiger partial charge in [0.25, 0.3) is 0 Å². The Bertz CT molecular complexity index is 625. The Kier molecular flexibility index (Phi) is 4.85. The Hall–Kier alpha value is -2.01. The SMILES string of the molecule is CCc1nc(Cl)c(C)c(Oc2c(OC)cccc2OC)n1. The highest BCUT2D eigenvalue weighted by Crippen LogP contribution is 2.40. The summed E-state index contributed by atoms with van der Waals surface area (Å²) >= 11 is 6.12. The number of nitrogens with zero attached hydrogens (tertiary/aromatic N) is 2. The third-order valence-electron chi connectivity index (χ3n) is 2.99. The van der Waals surface area contributed by atoms with Crippen molar-refractivity contribution in [1.29, 1.82) is 0 Å². The summed E-state index contributed by atoms with van der Waals surface area (Å²) in [5, 5.41) is 0.380. The molecule has 0 aliphatic carbocycles. The highest BCUT2D eigenvalue weighted by Gasteiger charge is 2.17. The molecule has 1 aromatic carbocycles. The minimum Gasteiger partial charge on any atom is -0.493 e. The van der Waals surface area contributed by atoms with Gasteiger partial charge in [-0.05, 0) is 19.1 Å². The van der Waals surface area contributed by atoms with Crippen molar-refractivity contribution in [3.63, 3.8) is 0 Å².